The lowest BCUT2D eigenvalue weighted by Gasteiger charge is -2.28. The summed E-state index contributed by atoms with van der Waals surface area (Å²) in [5.74, 6) is 1.09. The van der Waals surface area contributed by atoms with Crippen LogP contribution in [0.25, 0.3) is 5.78 Å². The van der Waals surface area contributed by atoms with E-state index < -0.39 is 0 Å². The third-order valence-electron chi connectivity index (χ3n) is 5.06. The molecule has 24 heavy (non-hydrogen) atoms. The van der Waals surface area contributed by atoms with Crippen LogP contribution in [0, 0.1) is 19.8 Å². The number of aliphatic hydroxyl groups excluding tert-OH is 1. The van der Waals surface area contributed by atoms with E-state index in [1.54, 1.807) is 4.52 Å². The first-order valence-corrected chi connectivity index (χ1v) is 8.64. The summed E-state index contributed by atoms with van der Waals surface area (Å²) in [5.41, 5.74) is 2.96. The molecule has 0 aliphatic heterocycles. The van der Waals surface area contributed by atoms with Crippen LogP contribution in [0.3, 0.4) is 0 Å². The second-order valence-corrected chi connectivity index (χ2v) is 6.70. The van der Waals surface area contributed by atoms with Crippen molar-refractivity contribution >= 4 is 11.7 Å². The van der Waals surface area contributed by atoms with Crippen LogP contribution < -0.4 is 5.32 Å². The minimum Gasteiger partial charge on any atom is -0.396 e. The molecule has 130 valence electrons. The fourth-order valence-corrected chi connectivity index (χ4v) is 3.54. The van der Waals surface area contributed by atoms with Gasteiger partial charge in [0.25, 0.3) is 5.78 Å². The van der Waals surface area contributed by atoms with E-state index in [1.165, 1.54) is 6.33 Å². The molecule has 0 unspecified atom stereocenters. The average Bonchev–Trinajstić information content (AvgIpc) is 3.04. The topological polar surface area (TPSA) is 92.4 Å². The summed E-state index contributed by atoms with van der Waals surface area (Å²) in [6.45, 7) is 4.20. The highest BCUT2D eigenvalue weighted by Crippen LogP contribution is 2.24. The molecule has 2 aromatic rings. The van der Waals surface area contributed by atoms with E-state index in [1.807, 2.05) is 13.8 Å². The first kappa shape index (κ1) is 16.8. The SMILES string of the molecule is Cc1nc2ncnn2c(C)c1CCC(=O)NC1CCC(CO)CC1. The van der Waals surface area contributed by atoms with Crippen LogP contribution in [0.4, 0.5) is 0 Å². The second kappa shape index (κ2) is 7.25. The summed E-state index contributed by atoms with van der Waals surface area (Å²) in [6.07, 6.45) is 6.50. The van der Waals surface area contributed by atoms with Crippen molar-refractivity contribution in [2.24, 2.45) is 5.92 Å². The van der Waals surface area contributed by atoms with Crippen molar-refractivity contribution in [2.45, 2.75) is 58.4 Å². The Hall–Kier alpha value is -2.02. The van der Waals surface area contributed by atoms with Gasteiger partial charge in [0, 0.05) is 30.5 Å². The van der Waals surface area contributed by atoms with E-state index >= 15 is 0 Å². The number of nitrogens with one attached hydrogen (secondary N) is 1. The third kappa shape index (κ3) is 3.56. The molecule has 0 spiro atoms. The standard InChI is InChI=1S/C17H25N5O2/c1-11-15(12(2)22-17(20-11)18-10-19-22)7-8-16(24)21-14-5-3-13(9-23)4-6-14/h10,13-14,23H,3-9H2,1-2H3,(H,21,24). The first-order valence-electron chi connectivity index (χ1n) is 8.64. The van der Waals surface area contributed by atoms with Gasteiger partial charge in [-0.3, -0.25) is 4.79 Å². The van der Waals surface area contributed by atoms with Crippen LogP contribution in [-0.4, -0.2) is 43.2 Å². The van der Waals surface area contributed by atoms with E-state index in [2.05, 4.69) is 20.4 Å². The van der Waals surface area contributed by atoms with Crippen LogP contribution in [0.2, 0.25) is 0 Å². The highest BCUT2D eigenvalue weighted by Gasteiger charge is 2.22. The lowest BCUT2D eigenvalue weighted by Crippen LogP contribution is -2.38. The average molecular weight is 331 g/mol. The fourth-order valence-electron chi connectivity index (χ4n) is 3.54. The predicted molar refractivity (Wildman–Crippen MR) is 89.6 cm³/mol. The lowest BCUT2D eigenvalue weighted by molar-refractivity contribution is -0.122. The molecule has 0 bridgehead atoms. The molecule has 0 atom stereocenters. The molecule has 2 N–H and O–H groups in total. The minimum absolute atomic E-state index is 0.0833. The van der Waals surface area contributed by atoms with Crippen molar-refractivity contribution in [3.05, 3.63) is 23.3 Å². The molecule has 7 heteroatoms. The Morgan fingerprint density at radius 3 is 2.79 bits per heavy atom. The lowest BCUT2D eigenvalue weighted by atomic mass is 9.86. The number of aryl methyl sites for hydroxylation is 2. The highest BCUT2D eigenvalue weighted by molar-refractivity contribution is 5.76. The van der Waals surface area contributed by atoms with Gasteiger partial charge in [0.1, 0.15) is 6.33 Å². The predicted octanol–water partition coefficient (Wildman–Crippen LogP) is 1.34. The molecule has 0 aromatic carbocycles. The maximum absolute atomic E-state index is 12.3. The Morgan fingerprint density at radius 2 is 2.08 bits per heavy atom. The molecular formula is C17H25N5O2. The normalized spacial score (nSPS) is 21.1. The molecule has 1 amide bonds. The number of amides is 1. The molecule has 1 aliphatic carbocycles. The van der Waals surface area contributed by atoms with Crippen LogP contribution in [0.15, 0.2) is 6.33 Å². The summed E-state index contributed by atoms with van der Waals surface area (Å²) in [5, 5.41) is 16.5. The summed E-state index contributed by atoms with van der Waals surface area (Å²) in [6, 6.07) is 0.249. The number of aliphatic hydroxyl groups is 1. The van der Waals surface area contributed by atoms with Crippen LogP contribution in [-0.2, 0) is 11.2 Å². The smallest absolute Gasteiger partial charge is 0.252 e. The number of aromatic nitrogens is 4. The van der Waals surface area contributed by atoms with Gasteiger partial charge in [-0.2, -0.15) is 10.1 Å². The van der Waals surface area contributed by atoms with Crippen molar-refractivity contribution in [1.29, 1.82) is 0 Å². The second-order valence-electron chi connectivity index (χ2n) is 6.70. The first-order chi connectivity index (χ1) is 11.6. The molecule has 2 heterocycles. The Bertz CT molecular complexity index is 719. The number of carbonyl (C=O) groups excluding carboxylic acids is 1. The van der Waals surface area contributed by atoms with Crippen molar-refractivity contribution in [1.82, 2.24) is 24.9 Å². The number of nitrogens with zero attached hydrogens (tertiary/aromatic N) is 4. The molecule has 0 saturated heterocycles. The minimum atomic E-state index is 0.0833. The van der Waals surface area contributed by atoms with Crippen molar-refractivity contribution < 1.29 is 9.90 Å². The van der Waals surface area contributed by atoms with Gasteiger partial charge in [-0.25, -0.2) is 9.50 Å². The maximum Gasteiger partial charge on any atom is 0.252 e. The van der Waals surface area contributed by atoms with Gasteiger partial charge in [0.05, 0.1) is 0 Å². The molecule has 1 aliphatic rings. The molecule has 3 rings (SSSR count). The van der Waals surface area contributed by atoms with E-state index in [9.17, 15) is 9.90 Å². The van der Waals surface area contributed by atoms with Crippen LogP contribution in [0.5, 0.6) is 0 Å². The van der Waals surface area contributed by atoms with Crippen LogP contribution in [0.1, 0.15) is 49.1 Å². The number of carbonyl (C=O) groups is 1. The van der Waals surface area contributed by atoms with Gasteiger partial charge in [0.15, 0.2) is 0 Å². The summed E-state index contributed by atoms with van der Waals surface area (Å²) in [7, 11) is 0. The van der Waals surface area contributed by atoms with Gasteiger partial charge in [-0.15, -0.1) is 0 Å². The number of hydrogen-bond donors (Lipinski definition) is 2. The van der Waals surface area contributed by atoms with Gasteiger partial charge in [0.2, 0.25) is 5.91 Å². The number of hydrogen-bond acceptors (Lipinski definition) is 5. The van der Waals surface area contributed by atoms with Crippen LogP contribution >= 0.6 is 0 Å². The Balaban J connectivity index is 1.57. The Morgan fingerprint density at radius 1 is 1.33 bits per heavy atom. The van der Waals surface area contributed by atoms with E-state index in [-0.39, 0.29) is 18.6 Å². The van der Waals surface area contributed by atoms with E-state index in [4.69, 9.17) is 0 Å². The van der Waals surface area contributed by atoms with Gasteiger partial charge >= 0.3 is 0 Å². The zero-order valence-electron chi connectivity index (χ0n) is 14.3. The molecule has 7 nitrogen and oxygen atoms in total. The summed E-state index contributed by atoms with van der Waals surface area (Å²) >= 11 is 0. The van der Waals surface area contributed by atoms with Gasteiger partial charge < -0.3 is 10.4 Å². The fraction of sp³-hybridized carbons (Fsp3) is 0.647. The maximum atomic E-state index is 12.3. The third-order valence-corrected chi connectivity index (χ3v) is 5.06. The highest BCUT2D eigenvalue weighted by atomic mass is 16.3. The van der Waals surface area contributed by atoms with E-state index in [0.717, 1.165) is 42.6 Å². The zero-order valence-corrected chi connectivity index (χ0v) is 14.3. The van der Waals surface area contributed by atoms with Crippen molar-refractivity contribution in [3.63, 3.8) is 0 Å². The molecular weight excluding hydrogens is 306 g/mol. The Kier molecular flexibility index (Phi) is 5.08. The summed E-state index contributed by atoms with van der Waals surface area (Å²) < 4.78 is 1.72. The molecule has 2 aromatic heterocycles. The summed E-state index contributed by atoms with van der Waals surface area (Å²) in [4.78, 5) is 20.8. The largest absolute Gasteiger partial charge is 0.396 e. The van der Waals surface area contributed by atoms with Crippen molar-refractivity contribution in [3.8, 4) is 0 Å². The zero-order chi connectivity index (χ0) is 17.1. The monoisotopic (exact) mass is 331 g/mol. The van der Waals surface area contributed by atoms with Crippen molar-refractivity contribution in [2.75, 3.05) is 6.61 Å². The molecule has 1 fully saturated rings. The number of fused-ring (bicyclic) bond motifs is 1. The molecule has 0 radical (unpaired) electrons. The Labute approximate surface area is 141 Å². The quantitative estimate of drug-likeness (QED) is 0.862. The van der Waals surface area contributed by atoms with Gasteiger partial charge in [-0.1, -0.05) is 0 Å². The molecule has 1 saturated carbocycles. The van der Waals surface area contributed by atoms with E-state index in [0.29, 0.717) is 24.5 Å². The van der Waals surface area contributed by atoms with Gasteiger partial charge in [-0.05, 0) is 57.4 Å². The number of rotatable bonds is 5.